The van der Waals surface area contributed by atoms with E-state index < -0.39 is 0 Å². The number of fused-ring (bicyclic) bond motifs is 4. The second-order valence-electron chi connectivity index (χ2n) is 13.5. The van der Waals surface area contributed by atoms with E-state index in [0.717, 1.165) is 93.8 Å². The number of allylic oxidation sites excluding steroid dienone is 2. The summed E-state index contributed by atoms with van der Waals surface area (Å²) in [4.78, 5) is 18.1. The van der Waals surface area contributed by atoms with Gasteiger partial charge in [0.2, 0.25) is 0 Å². The molecule has 4 aromatic carbocycles. The highest BCUT2D eigenvalue weighted by molar-refractivity contribution is 6.31. The molecule has 1 aromatic heterocycles. The van der Waals surface area contributed by atoms with Crippen LogP contribution in [-0.2, 0) is 4.79 Å². The lowest BCUT2D eigenvalue weighted by atomic mass is 9.69. The molecule has 0 saturated heterocycles. The second kappa shape index (κ2) is 13.0. The zero-order valence-corrected chi connectivity index (χ0v) is 27.9. The smallest absolute Gasteiger partial charge is 0.163 e. The van der Waals surface area contributed by atoms with Gasteiger partial charge in [-0.15, -0.1) is 0 Å². The Balaban J connectivity index is 1.02. The number of pyridine rings is 1. The Kier molecular flexibility index (Phi) is 8.65. The number of nitrogens with zero attached hydrogens (tertiary/aromatic N) is 1. The first-order chi connectivity index (χ1) is 22.8. The van der Waals surface area contributed by atoms with Crippen LogP contribution in [0.15, 0.2) is 96.4 Å². The maximum atomic E-state index is 13.7. The molecule has 5 aromatic rings. The number of carbonyl (C=O) groups is 1. The molecule has 0 saturated carbocycles. The lowest BCUT2D eigenvalue weighted by Crippen LogP contribution is -2.33. The molecular formula is C40H40ClN3O3. The molecule has 0 spiro atoms. The maximum absolute atomic E-state index is 13.7. The Bertz CT molecular complexity index is 2000. The Labute approximate surface area is 281 Å². The number of rotatable bonds is 10. The second-order valence-corrected chi connectivity index (χ2v) is 13.9. The molecule has 7 heteroatoms. The molecule has 2 heterocycles. The number of aromatic nitrogens is 1. The number of halogens is 1. The van der Waals surface area contributed by atoms with Crippen LogP contribution < -0.4 is 20.1 Å². The Morgan fingerprint density at radius 1 is 0.936 bits per heavy atom. The van der Waals surface area contributed by atoms with E-state index in [1.165, 1.54) is 5.56 Å². The summed E-state index contributed by atoms with van der Waals surface area (Å²) in [5.74, 6) is 2.45. The Hall–Kier alpha value is -4.39. The van der Waals surface area contributed by atoms with Crippen LogP contribution in [0, 0.1) is 12.3 Å². The predicted octanol–water partition coefficient (Wildman–Crippen LogP) is 8.99. The molecule has 240 valence electrons. The van der Waals surface area contributed by atoms with Crippen molar-refractivity contribution >= 4 is 44.7 Å². The minimum absolute atomic E-state index is 0.127. The predicted molar refractivity (Wildman–Crippen MR) is 191 cm³/mol. The number of ketones is 1. The average molecular weight is 646 g/mol. The van der Waals surface area contributed by atoms with E-state index in [-0.39, 0.29) is 17.1 Å². The van der Waals surface area contributed by atoms with Crippen LogP contribution in [-0.4, -0.2) is 37.0 Å². The van der Waals surface area contributed by atoms with Crippen molar-refractivity contribution in [2.24, 2.45) is 5.41 Å². The monoisotopic (exact) mass is 645 g/mol. The van der Waals surface area contributed by atoms with Gasteiger partial charge < -0.3 is 20.1 Å². The van der Waals surface area contributed by atoms with E-state index in [9.17, 15) is 4.79 Å². The molecule has 0 amide bonds. The number of hydrogen-bond donors (Lipinski definition) is 2. The van der Waals surface area contributed by atoms with Gasteiger partial charge in [0.25, 0.3) is 0 Å². The molecule has 2 aliphatic rings. The highest BCUT2D eigenvalue weighted by Crippen LogP contribution is 2.52. The van der Waals surface area contributed by atoms with Gasteiger partial charge in [0.1, 0.15) is 17.3 Å². The molecule has 6 nitrogen and oxygen atoms in total. The minimum atomic E-state index is -0.183. The van der Waals surface area contributed by atoms with E-state index in [1.807, 2.05) is 30.3 Å². The van der Waals surface area contributed by atoms with E-state index in [0.29, 0.717) is 18.1 Å². The van der Waals surface area contributed by atoms with Gasteiger partial charge >= 0.3 is 0 Å². The number of anilines is 1. The standard InChI is InChI=1S/C40H40ClN3O3/c1-25-5-7-27(8-6-25)37-38-31-22-29(12-9-26(31)10-14-35(38)47-36-24-40(2,3)23-34(45)39(36)37)46-20-4-16-42-18-19-44-32-15-17-43-33-21-28(41)11-13-30(32)33/h5-15,17,21-22,37,42H,4,16,18-20,23-24H2,1-3H3,(H,43,44). The van der Waals surface area contributed by atoms with Gasteiger partial charge in [-0.25, -0.2) is 0 Å². The first kappa shape index (κ1) is 31.2. The van der Waals surface area contributed by atoms with E-state index in [4.69, 9.17) is 21.1 Å². The van der Waals surface area contributed by atoms with E-state index in [1.54, 1.807) is 6.20 Å². The average Bonchev–Trinajstić information content (AvgIpc) is 3.04. The van der Waals surface area contributed by atoms with Crippen molar-refractivity contribution in [3.05, 3.63) is 118 Å². The number of carbonyl (C=O) groups excluding carboxylic acids is 1. The molecule has 1 atom stereocenters. The third kappa shape index (κ3) is 6.58. The molecular weight excluding hydrogens is 606 g/mol. The van der Waals surface area contributed by atoms with Gasteiger partial charge in [0.05, 0.1) is 12.1 Å². The molecule has 47 heavy (non-hydrogen) atoms. The van der Waals surface area contributed by atoms with Gasteiger partial charge in [0.15, 0.2) is 5.78 Å². The molecule has 7 rings (SSSR count). The van der Waals surface area contributed by atoms with Crippen LogP contribution in [0.4, 0.5) is 5.69 Å². The normalized spacial score (nSPS) is 16.9. The van der Waals surface area contributed by atoms with Crippen molar-refractivity contribution in [1.82, 2.24) is 10.3 Å². The molecule has 0 fully saturated rings. The fraction of sp³-hybridized carbons (Fsp3) is 0.300. The van der Waals surface area contributed by atoms with Crippen molar-refractivity contribution in [2.45, 2.75) is 46.0 Å². The summed E-state index contributed by atoms with van der Waals surface area (Å²) in [6.07, 6.45) is 3.94. The fourth-order valence-electron chi connectivity index (χ4n) is 6.91. The first-order valence-corrected chi connectivity index (χ1v) is 16.8. The number of hydrogen-bond acceptors (Lipinski definition) is 6. The highest BCUT2D eigenvalue weighted by Gasteiger charge is 2.42. The summed E-state index contributed by atoms with van der Waals surface area (Å²) in [6.45, 7) is 9.44. The van der Waals surface area contributed by atoms with Crippen LogP contribution in [0.1, 0.15) is 55.7 Å². The summed E-state index contributed by atoms with van der Waals surface area (Å²) < 4.78 is 12.8. The molecule has 1 unspecified atom stereocenters. The zero-order chi connectivity index (χ0) is 32.5. The number of nitrogens with one attached hydrogen (secondary N) is 2. The van der Waals surface area contributed by atoms with E-state index in [2.05, 4.69) is 84.9 Å². The third-order valence-corrected chi connectivity index (χ3v) is 9.42. The maximum Gasteiger partial charge on any atom is 0.163 e. The molecule has 1 aliphatic carbocycles. The van der Waals surface area contributed by atoms with Crippen molar-refractivity contribution in [1.29, 1.82) is 0 Å². The highest BCUT2D eigenvalue weighted by atomic mass is 35.5. The van der Waals surface area contributed by atoms with E-state index >= 15 is 0 Å². The molecule has 0 radical (unpaired) electrons. The number of ether oxygens (including phenoxy) is 2. The quantitative estimate of drug-likeness (QED) is 0.148. The fourth-order valence-corrected chi connectivity index (χ4v) is 7.08. The summed E-state index contributed by atoms with van der Waals surface area (Å²) in [5.41, 5.74) is 5.96. The van der Waals surface area contributed by atoms with Gasteiger partial charge in [-0.1, -0.05) is 67.4 Å². The van der Waals surface area contributed by atoms with Crippen LogP contribution in [0.5, 0.6) is 11.5 Å². The first-order valence-electron chi connectivity index (χ1n) is 16.4. The molecule has 2 N–H and O–H groups in total. The molecule has 0 bridgehead atoms. The summed E-state index contributed by atoms with van der Waals surface area (Å²) >= 11 is 6.12. The van der Waals surface area contributed by atoms with Crippen LogP contribution in [0.2, 0.25) is 5.02 Å². The van der Waals surface area contributed by atoms with Crippen molar-refractivity contribution < 1.29 is 14.3 Å². The Morgan fingerprint density at radius 2 is 1.77 bits per heavy atom. The number of Topliss-reactive ketones (excluding diaryl/α,β-unsaturated/α-hetero) is 1. The SMILES string of the molecule is Cc1ccc(C2C3=C(CC(C)(C)CC3=O)Oc3ccc4ccc(OCCCNCCNc5ccnc6cc(Cl)ccc56)cc4c32)cc1. The van der Waals surface area contributed by atoms with Crippen molar-refractivity contribution in [2.75, 3.05) is 31.6 Å². The van der Waals surface area contributed by atoms with Crippen LogP contribution in [0.3, 0.4) is 0 Å². The van der Waals surface area contributed by atoms with Gasteiger partial charge in [-0.3, -0.25) is 9.78 Å². The lowest BCUT2D eigenvalue weighted by molar-refractivity contribution is -0.118. The summed E-state index contributed by atoms with van der Waals surface area (Å²) in [7, 11) is 0. The third-order valence-electron chi connectivity index (χ3n) is 9.18. The minimum Gasteiger partial charge on any atom is -0.494 e. The topological polar surface area (TPSA) is 72.5 Å². The Morgan fingerprint density at radius 3 is 2.62 bits per heavy atom. The number of aryl methyl sites for hydroxylation is 1. The largest absolute Gasteiger partial charge is 0.494 e. The van der Waals surface area contributed by atoms with Crippen LogP contribution in [0.25, 0.3) is 21.7 Å². The summed E-state index contributed by atoms with van der Waals surface area (Å²) in [6, 6.07) is 26.7. The molecule has 1 aliphatic heterocycles. The number of benzene rings is 4. The van der Waals surface area contributed by atoms with Gasteiger partial charge in [-0.2, -0.15) is 0 Å². The van der Waals surface area contributed by atoms with Gasteiger partial charge in [0, 0.05) is 65.3 Å². The van der Waals surface area contributed by atoms with Gasteiger partial charge in [-0.05, 0) is 84.1 Å². The van der Waals surface area contributed by atoms with Crippen molar-refractivity contribution in [3.63, 3.8) is 0 Å². The summed E-state index contributed by atoms with van der Waals surface area (Å²) in [5, 5.41) is 10.9. The van der Waals surface area contributed by atoms with Crippen LogP contribution >= 0.6 is 11.6 Å². The lowest BCUT2D eigenvalue weighted by Gasteiger charge is -2.38. The van der Waals surface area contributed by atoms with Crippen molar-refractivity contribution in [3.8, 4) is 11.5 Å². The zero-order valence-electron chi connectivity index (χ0n) is 27.2.